The third-order valence-corrected chi connectivity index (χ3v) is 2.35. The monoisotopic (exact) mass is 226 g/mol. The molecule has 0 aliphatic rings. The fraction of sp³-hybridized carbons (Fsp3) is 0.462. The van der Waals surface area contributed by atoms with E-state index in [9.17, 15) is 13.6 Å². The highest BCUT2D eigenvalue weighted by molar-refractivity contribution is 5.78. The second kappa shape index (κ2) is 5.73. The van der Waals surface area contributed by atoms with Crippen LogP contribution in [-0.2, 0) is 11.2 Å². The number of halogens is 2. The molecule has 0 N–H and O–H groups in total. The highest BCUT2D eigenvalue weighted by Gasteiger charge is 2.11. The molecule has 0 aromatic heterocycles. The normalized spacial score (nSPS) is 10.8. The highest BCUT2D eigenvalue weighted by atomic mass is 19.1. The molecule has 88 valence electrons. The fourth-order valence-corrected chi connectivity index (χ4v) is 1.59. The van der Waals surface area contributed by atoms with Gasteiger partial charge in [-0.3, -0.25) is 4.79 Å². The average molecular weight is 226 g/mol. The molecule has 1 aromatic rings. The van der Waals surface area contributed by atoms with Crippen LogP contribution in [0.25, 0.3) is 0 Å². The summed E-state index contributed by atoms with van der Waals surface area (Å²) in [4.78, 5) is 11.4. The summed E-state index contributed by atoms with van der Waals surface area (Å²) in [7, 11) is 0. The van der Waals surface area contributed by atoms with E-state index < -0.39 is 11.6 Å². The SMILES string of the molecule is CC(C)CC(=O)CCc1c(F)cccc1F. The number of carbonyl (C=O) groups excluding carboxylic acids is 1. The van der Waals surface area contributed by atoms with Crippen molar-refractivity contribution < 1.29 is 13.6 Å². The maximum Gasteiger partial charge on any atom is 0.133 e. The molecular weight excluding hydrogens is 210 g/mol. The molecule has 0 radical (unpaired) electrons. The predicted molar refractivity (Wildman–Crippen MR) is 59.1 cm³/mol. The van der Waals surface area contributed by atoms with E-state index >= 15 is 0 Å². The Morgan fingerprint density at radius 2 is 1.81 bits per heavy atom. The summed E-state index contributed by atoms with van der Waals surface area (Å²) in [5.41, 5.74) is 0.0135. The van der Waals surface area contributed by atoms with Gasteiger partial charge in [-0.05, 0) is 24.5 Å². The van der Waals surface area contributed by atoms with Crippen LogP contribution in [0.15, 0.2) is 18.2 Å². The quantitative estimate of drug-likeness (QED) is 0.750. The molecule has 0 spiro atoms. The van der Waals surface area contributed by atoms with E-state index in [1.54, 1.807) is 0 Å². The Bertz CT molecular complexity index is 352. The Balaban J connectivity index is 2.58. The third kappa shape index (κ3) is 3.72. The zero-order valence-electron chi connectivity index (χ0n) is 9.59. The molecule has 0 bridgehead atoms. The lowest BCUT2D eigenvalue weighted by Gasteiger charge is -2.05. The van der Waals surface area contributed by atoms with Crippen molar-refractivity contribution in [2.24, 2.45) is 5.92 Å². The summed E-state index contributed by atoms with van der Waals surface area (Å²) in [6.45, 7) is 3.89. The van der Waals surface area contributed by atoms with E-state index in [1.165, 1.54) is 18.2 Å². The number of carbonyl (C=O) groups is 1. The predicted octanol–water partition coefficient (Wildman–Crippen LogP) is 3.51. The van der Waals surface area contributed by atoms with Crippen LogP contribution in [0, 0.1) is 17.6 Å². The molecule has 0 amide bonds. The van der Waals surface area contributed by atoms with Gasteiger partial charge in [-0.25, -0.2) is 8.78 Å². The van der Waals surface area contributed by atoms with E-state index in [1.807, 2.05) is 13.8 Å². The first-order valence-corrected chi connectivity index (χ1v) is 5.45. The van der Waals surface area contributed by atoms with Gasteiger partial charge in [0, 0.05) is 18.4 Å². The summed E-state index contributed by atoms with van der Waals surface area (Å²) in [5.74, 6) is -0.801. The summed E-state index contributed by atoms with van der Waals surface area (Å²) in [6, 6.07) is 3.75. The first kappa shape index (κ1) is 12.8. The molecule has 1 nitrogen and oxygen atoms in total. The molecule has 0 fully saturated rings. The van der Waals surface area contributed by atoms with Gasteiger partial charge in [-0.2, -0.15) is 0 Å². The zero-order chi connectivity index (χ0) is 12.1. The topological polar surface area (TPSA) is 17.1 Å². The highest BCUT2D eigenvalue weighted by Crippen LogP contribution is 2.15. The van der Waals surface area contributed by atoms with Gasteiger partial charge >= 0.3 is 0 Å². The van der Waals surface area contributed by atoms with Crippen LogP contribution in [0.2, 0.25) is 0 Å². The van der Waals surface area contributed by atoms with Gasteiger partial charge in [0.15, 0.2) is 0 Å². The van der Waals surface area contributed by atoms with Gasteiger partial charge in [-0.1, -0.05) is 19.9 Å². The van der Waals surface area contributed by atoms with Crippen LogP contribution < -0.4 is 0 Å². The Kier molecular flexibility index (Phi) is 4.59. The summed E-state index contributed by atoms with van der Waals surface area (Å²) in [5, 5.41) is 0. The molecule has 0 atom stereocenters. The second-order valence-electron chi connectivity index (χ2n) is 4.34. The molecule has 0 aliphatic carbocycles. The van der Waals surface area contributed by atoms with E-state index in [0.29, 0.717) is 6.42 Å². The molecule has 0 unspecified atom stereocenters. The minimum atomic E-state index is -0.572. The molecule has 0 aliphatic heterocycles. The smallest absolute Gasteiger partial charge is 0.133 e. The lowest BCUT2D eigenvalue weighted by atomic mass is 10.0. The van der Waals surface area contributed by atoms with Gasteiger partial charge < -0.3 is 0 Å². The van der Waals surface area contributed by atoms with Crippen molar-refractivity contribution in [3.63, 3.8) is 0 Å². The minimum absolute atomic E-state index is 0.0135. The van der Waals surface area contributed by atoms with Crippen LogP contribution >= 0.6 is 0 Å². The average Bonchev–Trinajstić information content (AvgIpc) is 2.15. The number of Topliss-reactive ketones (excluding diaryl/α,β-unsaturated/α-hetero) is 1. The van der Waals surface area contributed by atoms with Crippen LogP contribution in [0.3, 0.4) is 0 Å². The van der Waals surface area contributed by atoms with Crippen molar-refractivity contribution in [1.82, 2.24) is 0 Å². The van der Waals surface area contributed by atoms with Gasteiger partial charge in [0.1, 0.15) is 17.4 Å². The van der Waals surface area contributed by atoms with Crippen molar-refractivity contribution in [2.45, 2.75) is 33.1 Å². The lowest BCUT2D eigenvalue weighted by molar-refractivity contribution is -0.119. The first-order chi connectivity index (χ1) is 7.50. The fourth-order valence-electron chi connectivity index (χ4n) is 1.59. The zero-order valence-corrected chi connectivity index (χ0v) is 9.59. The molecule has 1 rings (SSSR count). The number of rotatable bonds is 5. The summed E-state index contributed by atoms with van der Waals surface area (Å²) in [6.07, 6.45) is 0.816. The molecule has 16 heavy (non-hydrogen) atoms. The number of hydrogen-bond donors (Lipinski definition) is 0. The van der Waals surface area contributed by atoms with Crippen molar-refractivity contribution in [3.05, 3.63) is 35.4 Å². The van der Waals surface area contributed by atoms with Crippen LogP contribution in [0.5, 0.6) is 0 Å². The number of hydrogen-bond acceptors (Lipinski definition) is 1. The molecule has 0 saturated heterocycles. The largest absolute Gasteiger partial charge is 0.300 e. The van der Waals surface area contributed by atoms with Gasteiger partial charge in [0.25, 0.3) is 0 Å². The van der Waals surface area contributed by atoms with Gasteiger partial charge in [0.2, 0.25) is 0 Å². The molecular formula is C13H16F2O. The van der Waals surface area contributed by atoms with E-state index in [-0.39, 0.29) is 30.1 Å². The Labute approximate surface area is 94.5 Å². The van der Waals surface area contributed by atoms with Gasteiger partial charge in [-0.15, -0.1) is 0 Å². The van der Waals surface area contributed by atoms with Crippen molar-refractivity contribution in [2.75, 3.05) is 0 Å². The van der Waals surface area contributed by atoms with E-state index in [4.69, 9.17) is 0 Å². The van der Waals surface area contributed by atoms with Crippen molar-refractivity contribution in [1.29, 1.82) is 0 Å². The first-order valence-electron chi connectivity index (χ1n) is 5.45. The Hall–Kier alpha value is -1.25. The minimum Gasteiger partial charge on any atom is -0.300 e. The third-order valence-electron chi connectivity index (χ3n) is 2.35. The Morgan fingerprint density at radius 1 is 1.25 bits per heavy atom. The van der Waals surface area contributed by atoms with Gasteiger partial charge in [0.05, 0.1) is 0 Å². The van der Waals surface area contributed by atoms with Crippen molar-refractivity contribution >= 4 is 5.78 Å². The van der Waals surface area contributed by atoms with E-state index in [2.05, 4.69) is 0 Å². The standard InChI is InChI=1S/C13H16F2O/c1-9(2)8-10(16)6-7-11-12(14)4-3-5-13(11)15/h3-5,9H,6-8H2,1-2H3. The molecule has 0 heterocycles. The molecule has 1 aromatic carbocycles. The van der Waals surface area contributed by atoms with Crippen molar-refractivity contribution in [3.8, 4) is 0 Å². The number of ketones is 1. The maximum atomic E-state index is 13.2. The molecule has 3 heteroatoms. The van der Waals surface area contributed by atoms with E-state index in [0.717, 1.165) is 0 Å². The number of benzene rings is 1. The van der Waals surface area contributed by atoms with Crippen LogP contribution in [-0.4, -0.2) is 5.78 Å². The summed E-state index contributed by atoms with van der Waals surface area (Å²) >= 11 is 0. The maximum absolute atomic E-state index is 13.2. The Morgan fingerprint density at radius 3 is 2.31 bits per heavy atom. The van der Waals surface area contributed by atoms with Crippen LogP contribution in [0.4, 0.5) is 8.78 Å². The van der Waals surface area contributed by atoms with Crippen LogP contribution in [0.1, 0.15) is 32.3 Å². The summed E-state index contributed by atoms with van der Waals surface area (Å²) < 4.78 is 26.4. The lowest BCUT2D eigenvalue weighted by Crippen LogP contribution is -2.06. The molecule has 0 saturated carbocycles. The second-order valence-corrected chi connectivity index (χ2v) is 4.34.